The van der Waals surface area contributed by atoms with Crippen LogP contribution in [0.1, 0.15) is 180 Å². The van der Waals surface area contributed by atoms with Crippen LogP contribution in [0.25, 0.3) is 27.8 Å². The second-order valence-corrected chi connectivity index (χ2v) is 30.8. The zero-order chi connectivity index (χ0) is 70.2. The molecule has 0 radical (unpaired) electrons. The van der Waals surface area contributed by atoms with Gasteiger partial charge in [-0.1, -0.05) is 57.8 Å². The smallest absolute Gasteiger partial charge is 0.247 e. The van der Waals surface area contributed by atoms with Gasteiger partial charge < -0.3 is 30.7 Å². The monoisotopic (exact) mass is 1390 g/mol. The van der Waals surface area contributed by atoms with Crippen LogP contribution in [0.4, 0.5) is 64.1 Å². The minimum absolute atomic E-state index is 0.00598. The van der Waals surface area contributed by atoms with Crippen LogP contribution in [0.15, 0.2) is 83.7 Å². The van der Waals surface area contributed by atoms with Crippen LogP contribution in [0.3, 0.4) is 0 Å². The van der Waals surface area contributed by atoms with E-state index in [1.54, 1.807) is 27.9 Å². The molecule has 0 aromatic carbocycles. The zero-order valence-corrected chi connectivity index (χ0v) is 60.9. The Hall–Kier alpha value is -9.21. The highest BCUT2D eigenvalue weighted by Gasteiger charge is 2.45. The minimum Gasteiger partial charge on any atom is -0.368 e. The summed E-state index contributed by atoms with van der Waals surface area (Å²) in [7, 11) is 0. The second-order valence-electron chi connectivity index (χ2n) is 30.8. The largest absolute Gasteiger partial charge is 0.368 e. The molecule has 3 aliphatic carbocycles. The van der Waals surface area contributed by atoms with E-state index in [0.717, 1.165) is 192 Å². The van der Waals surface area contributed by atoms with Crippen LogP contribution >= 0.6 is 0 Å². The summed E-state index contributed by atoms with van der Waals surface area (Å²) in [5, 5.41) is 19.1. The highest BCUT2D eigenvalue weighted by Crippen LogP contribution is 2.50. The van der Waals surface area contributed by atoms with Crippen molar-refractivity contribution >= 4 is 110 Å². The highest BCUT2D eigenvalue weighted by molar-refractivity contribution is 5.89. The van der Waals surface area contributed by atoms with Gasteiger partial charge in [0.05, 0.1) is 64.8 Å². The molecular weight excluding hydrogens is 1290 g/mol. The van der Waals surface area contributed by atoms with Crippen molar-refractivity contribution < 1.29 is 4.79 Å². The van der Waals surface area contributed by atoms with Crippen molar-refractivity contribution in [1.82, 2.24) is 88.5 Å². The first-order valence-corrected chi connectivity index (χ1v) is 38.3. The number of aliphatic imine (C=N–C) groups is 2. The molecule has 9 aliphatic rings. The summed E-state index contributed by atoms with van der Waals surface area (Å²) in [5.41, 5.74) is 9.85. The number of hydrogen-bond acceptors (Lipinski definition) is 24. The summed E-state index contributed by atoms with van der Waals surface area (Å²) in [6.07, 6.45) is 36.6. The van der Waals surface area contributed by atoms with Crippen LogP contribution in [0.5, 0.6) is 0 Å². The fourth-order valence-electron chi connectivity index (χ4n) is 17.7. The number of fused-ring (bicyclic) bond motifs is 12. The minimum atomic E-state index is 0.00598. The predicted octanol–water partition coefficient (Wildman–Crippen LogP) is 12.5. The normalized spacial score (nSPS) is 20.4. The summed E-state index contributed by atoms with van der Waals surface area (Å²) in [4.78, 5) is 83.3. The van der Waals surface area contributed by atoms with Crippen molar-refractivity contribution in [2.45, 2.75) is 198 Å². The van der Waals surface area contributed by atoms with E-state index < -0.39 is 0 Å². The molecule has 6 fully saturated rings. The van der Waals surface area contributed by atoms with Crippen LogP contribution in [-0.2, 0) is 16.4 Å². The van der Waals surface area contributed by atoms with Crippen molar-refractivity contribution in [3.63, 3.8) is 0 Å². The van der Waals surface area contributed by atoms with Gasteiger partial charge in [0.15, 0.2) is 17.1 Å². The van der Waals surface area contributed by atoms with Gasteiger partial charge >= 0.3 is 0 Å². The topological polar surface area (TPSA) is 266 Å². The van der Waals surface area contributed by atoms with Crippen molar-refractivity contribution in [2.24, 2.45) is 9.98 Å². The number of pyridine rings is 3. The Balaban J connectivity index is 0.000000119. The average molecular weight is 1390 g/mol. The number of nitrogens with zero attached hydrogens (tertiary/aromatic N) is 23. The fraction of sp³-hybridized carbons (Fsp3) is 0.566. The molecule has 0 atom stereocenters. The molecule has 6 aliphatic heterocycles. The molecule has 0 amide bonds. The molecule has 0 bridgehead atoms. The molecule has 3 N–H and O–H groups in total. The molecule has 103 heavy (non-hydrogen) atoms. The third-order valence-electron chi connectivity index (χ3n) is 23.7. The van der Waals surface area contributed by atoms with Crippen LogP contribution < -0.4 is 30.7 Å². The number of carbonyl (C=O) groups is 1. The van der Waals surface area contributed by atoms with Crippen molar-refractivity contribution in [1.29, 1.82) is 0 Å². The number of imidazole rings is 1. The predicted molar refractivity (Wildman–Crippen MR) is 407 cm³/mol. The van der Waals surface area contributed by atoms with Crippen LogP contribution in [0, 0.1) is 0 Å². The lowest BCUT2D eigenvalue weighted by molar-refractivity contribution is 0.0811. The first-order valence-electron chi connectivity index (χ1n) is 38.3. The van der Waals surface area contributed by atoms with Gasteiger partial charge in [-0.3, -0.25) is 24.1 Å². The summed E-state index contributed by atoms with van der Waals surface area (Å²) < 4.78 is 5.69. The van der Waals surface area contributed by atoms with Gasteiger partial charge in [0.1, 0.15) is 40.3 Å². The van der Waals surface area contributed by atoms with Crippen LogP contribution in [0.2, 0.25) is 0 Å². The van der Waals surface area contributed by atoms with E-state index in [2.05, 4.69) is 160 Å². The summed E-state index contributed by atoms with van der Waals surface area (Å²) >= 11 is 0. The Labute approximate surface area is 603 Å². The van der Waals surface area contributed by atoms with E-state index in [-0.39, 0.29) is 22.3 Å². The molecule has 9 aromatic rings. The van der Waals surface area contributed by atoms with Gasteiger partial charge in [0.25, 0.3) is 0 Å². The molecule has 3 saturated carbocycles. The van der Waals surface area contributed by atoms with E-state index in [4.69, 9.17) is 19.9 Å². The maximum Gasteiger partial charge on any atom is 0.247 e. The number of aromatic nitrogens is 15. The Kier molecular flexibility index (Phi) is 19.3. The number of nitrogens with one attached hydrogen (secondary N) is 3. The second kappa shape index (κ2) is 29.1. The van der Waals surface area contributed by atoms with E-state index in [1.165, 1.54) is 76.2 Å². The van der Waals surface area contributed by atoms with E-state index in [1.807, 2.05) is 49.2 Å². The molecule has 0 unspecified atom stereocenters. The quantitative estimate of drug-likeness (QED) is 0.103. The Bertz CT molecular complexity index is 4310. The number of carbonyl (C=O) groups excluding carboxylic acids is 1. The van der Waals surface area contributed by atoms with Gasteiger partial charge in [-0.2, -0.15) is 15.1 Å². The maximum absolute atomic E-state index is 12.7. The fourth-order valence-corrected chi connectivity index (χ4v) is 17.7. The maximum atomic E-state index is 12.7. The molecule has 3 spiro atoms. The highest BCUT2D eigenvalue weighted by atomic mass is 16.2. The molecule has 9 aromatic heterocycles. The van der Waals surface area contributed by atoms with Crippen molar-refractivity contribution in [3.8, 4) is 0 Å². The molecule has 18 rings (SSSR count). The van der Waals surface area contributed by atoms with E-state index in [9.17, 15) is 4.79 Å². The number of anilines is 9. The third-order valence-corrected chi connectivity index (χ3v) is 23.7. The number of rotatable bonds is 12. The Morgan fingerprint density at radius 3 is 1.43 bits per heavy atom. The van der Waals surface area contributed by atoms with Gasteiger partial charge in [-0.15, -0.1) is 5.10 Å². The lowest BCUT2D eigenvalue weighted by Gasteiger charge is -2.40. The van der Waals surface area contributed by atoms with E-state index in [0.29, 0.717) is 53.7 Å². The molecule has 540 valence electrons. The first-order chi connectivity index (χ1) is 50.2. The summed E-state index contributed by atoms with van der Waals surface area (Å²) in [6, 6.07) is 14.2. The van der Waals surface area contributed by atoms with Crippen LogP contribution in [-0.4, -0.2) is 204 Å². The lowest BCUT2D eigenvalue weighted by atomic mass is 9.67. The Morgan fingerprint density at radius 1 is 0.437 bits per heavy atom. The number of piperazine rings is 3. The van der Waals surface area contributed by atoms with Crippen molar-refractivity contribution in [2.75, 3.05) is 109 Å². The molecule has 15 heterocycles. The molecule has 3 saturated heterocycles. The van der Waals surface area contributed by atoms with Gasteiger partial charge in [-0.05, 0) is 129 Å². The molecular formula is C76H100N26O. The third kappa shape index (κ3) is 14.0. The number of hydrogen-bond donors (Lipinski definition) is 3. The summed E-state index contributed by atoms with van der Waals surface area (Å²) in [6.45, 7) is 26.2. The molecule has 27 nitrogen and oxygen atoms in total. The van der Waals surface area contributed by atoms with Gasteiger partial charge in [-0.25, -0.2) is 59.1 Å². The zero-order valence-electron chi connectivity index (χ0n) is 60.9. The standard InChI is InChI=1S/C26H34N8O.2C25H33N9/c1-18(2)32-12-14-33(15-13-32)19-6-7-21(27-16-19)29-25-28-17-20-23(30-25)24-26(9-4-3-5-10-26)11-8-22(35)34(24)31-20;1-18(2)32-12-14-33(15-13-32)19-6-7-21(27-16-19)30-23-28-17-20-22(31-23)34-24(29-20)26-11-10-25(34)8-4-3-5-9-25;1-18(2)32-12-14-33(15-13-32)19-6-7-20(27-16-19)29-24-28-17-34-23(30-24)21-22(31-34)26-11-10-25(21)8-4-3-5-9-25/h6-7,16-18H,3-5,8-15H2,1-2H3,(H,27,29,30);6-7,11,16-18H,3-5,8-10,12-15H2,1-2H3,(H,27,28,30,31);6-7,11,16-18H,3-5,8-10,12-15H2,1-2H3,(H,27,29,30). The molecule has 27 heteroatoms. The average Bonchev–Trinajstić information content (AvgIpc) is 1.62. The first kappa shape index (κ1) is 68.2. The summed E-state index contributed by atoms with van der Waals surface area (Å²) in [5.74, 6) is 5.40. The van der Waals surface area contributed by atoms with Crippen molar-refractivity contribution in [3.05, 3.63) is 85.0 Å². The van der Waals surface area contributed by atoms with Gasteiger partial charge in [0.2, 0.25) is 29.7 Å². The van der Waals surface area contributed by atoms with Gasteiger partial charge in [0, 0.05) is 133 Å². The Morgan fingerprint density at radius 2 is 0.913 bits per heavy atom. The lowest BCUT2D eigenvalue weighted by Crippen LogP contribution is -2.48. The van der Waals surface area contributed by atoms with E-state index >= 15 is 0 Å². The SMILES string of the molecule is CC(C)N1CCN(c2ccc(Nc3ncc4nc5n(c4n3)C3(CC=N5)CCCCC3)nc2)CC1.CC(C)N1CCN(c2ccc(Nc3ncc4nn5c(c4n3)C3(CCCCC3)CCC5=O)nc2)CC1.CC(C)N1CCN(c2ccc(Nc3ncn4nc5c(c4n3)C3(CC=N5)CCCCC3)nc2)CC1.